The molecule has 0 rings (SSSR count). The van der Waals surface area contributed by atoms with E-state index in [-0.39, 0.29) is 6.61 Å². The zero-order chi connectivity index (χ0) is 8.04. The van der Waals surface area contributed by atoms with Gasteiger partial charge < -0.3 is 10.2 Å². The Bertz CT molecular complexity index is 122. The van der Waals surface area contributed by atoms with E-state index in [2.05, 4.69) is 5.92 Å². The summed E-state index contributed by atoms with van der Waals surface area (Å²) in [7, 11) is 0. The van der Waals surface area contributed by atoms with Crippen molar-refractivity contribution in [2.75, 3.05) is 6.61 Å². The molecule has 0 unspecified atom stereocenters. The van der Waals surface area contributed by atoms with Crippen molar-refractivity contribution in [1.29, 1.82) is 0 Å². The van der Waals surface area contributed by atoms with Crippen LogP contribution < -0.4 is 0 Å². The van der Waals surface area contributed by atoms with E-state index in [4.69, 9.17) is 11.5 Å². The number of hydrogen-bond acceptors (Lipinski definition) is 2. The standard InChI is InChI=1S/C8H14O2/c1-3-4-5-8(2,10)6-7-9/h1,9-10H,4-7H2,2H3/t8-/m1/s1. The molecule has 0 fully saturated rings. The highest BCUT2D eigenvalue weighted by Crippen LogP contribution is 2.14. The Morgan fingerprint density at radius 1 is 1.50 bits per heavy atom. The number of terminal acetylenes is 1. The number of aliphatic hydroxyl groups excluding tert-OH is 1. The molecule has 2 heteroatoms. The van der Waals surface area contributed by atoms with Gasteiger partial charge in [-0.1, -0.05) is 0 Å². The molecule has 0 saturated heterocycles. The number of rotatable bonds is 4. The highest BCUT2D eigenvalue weighted by molar-refractivity contribution is 4.87. The van der Waals surface area contributed by atoms with Crippen LogP contribution in [-0.4, -0.2) is 22.4 Å². The molecular formula is C8H14O2. The van der Waals surface area contributed by atoms with Gasteiger partial charge in [-0.25, -0.2) is 0 Å². The summed E-state index contributed by atoms with van der Waals surface area (Å²) in [5.41, 5.74) is -0.791. The summed E-state index contributed by atoms with van der Waals surface area (Å²) in [6, 6.07) is 0. The summed E-state index contributed by atoms with van der Waals surface area (Å²) in [4.78, 5) is 0. The van der Waals surface area contributed by atoms with Crippen molar-refractivity contribution in [2.45, 2.75) is 31.8 Å². The first-order valence-electron chi connectivity index (χ1n) is 3.39. The minimum atomic E-state index is -0.791. The third kappa shape index (κ3) is 4.37. The lowest BCUT2D eigenvalue weighted by Crippen LogP contribution is -2.24. The van der Waals surface area contributed by atoms with Crippen molar-refractivity contribution in [3.8, 4) is 12.3 Å². The Balaban J connectivity index is 3.54. The molecule has 0 bridgehead atoms. The molecule has 0 amide bonds. The molecule has 0 aliphatic carbocycles. The maximum atomic E-state index is 9.39. The lowest BCUT2D eigenvalue weighted by Gasteiger charge is -2.20. The fourth-order valence-electron chi connectivity index (χ4n) is 0.707. The van der Waals surface area contributed by atoms with E-state index in [0.717, 1.165) is 0 Å². The Hall–Kier alpha value is -0.520. The van der Waals surface area contributed by atoms with Crippen molar-refractivity contribution in [3.05, 3.63) is 0 Å². The minimum Gasteiger partial charge on any atom is -0.396 e. The van der Waals surface area contributed by atoms with Crippen molar-refractivity contribution in [3.63, 3.8) is 0 Å². The highest BCUT2D eigenvalue weighted by Gasteiger charge is 2.17. The topological polar surface area (TPSA) is 40.5 Å². The van der Waals surface area contributed by atoms with Crippen LogP contribution in [0.4, 0.5) is 0 Å². The molecule has 0 aromatic heterocycles. The van der Waals surface area contributed by atoms with E-state index in [1.54, 1.807) is 6.92 Å². The summed E-state index contributed by atoms with van der Waals surface area (Å²) in [5, 5.41) is 17.9. The molecule has 0 aromatic carbocycles. The average molecular weight is 142 g/mol. The van der Waals surface area contributed by atoms with E-state index < -0.39 is 5.60 Å². The zero-order valence-corrected chi connectivity index (χ0v) is 6.30. The van der Waals surface area contributed by atoms with Gasteiger partial charge in [0.2, 0.25) is 0 Å². The third-order valence-electron chi connectivity index (χ3n) is 1.46. The molecule has 0 saturated carbocycles. The predicted molar refractivity (Wildman–Crippen MR) is 40.4 cm³/mol. The maximum Gasteiger partial charge on any atom is 0.0650 e. The van der Waals surface area contributed by atoms with Gasteiger partial charge in [0, 0.05) is 13.0 Å². The molecule has 2 nitrogen and oxygen atoms in total. The lowest BCUT2D eigenvalue weighted by atomic mass is 9.97. The Morgan fingerprint density at radius 3 is 2.50 bits per heavy atom. The second-order valence-corrected chi connectivity index (χ2v) is 2.67. The monoisotopic (exact) mass is 142 g/mol. The molecule has 0 aromatic rings. The third-order valence-corrected chi connectivity index (χ3v) is 1.46. The van der Waals surface area contributed by atoms with Crippen LogP contribution in [0.3, 0.4) is 0 Å². The highest BCUT2D eigenvalue weighted by atomic mass is 16.3. The van der Waals surface area contributed by atoms with E-state index in [1.807, 2.05) is 0 Å². The van der Waals surface area contributed by atoms with Crippen LogP contribution in [0.15, 0.2) is 0 Å². The second kappa shape index (κ2) is 4.32. The minimum absolute atomic E-state index is 0.0115. The first-order chi connectivity index (χ1) is 4.62. The van der Waals surface area contributed by atoms with Gasteiger partial charge in [-0.05, 0) is 19.8 Å². The summed E-state index contributed by atoms with van der Waals surface area (Å²) in [6.07, 6.45) is 6.53. The molecule has 1 atom stereocenters. The van der Waals surface area contributed by atoms with Crippen LogP contribution in [0.1, 0.15) is 26.2 Å². The molecular weight excluding hydrogens is 128 g/mol. The molecule has 2 N–H and O–H groups in total. The molecule has 0 heterocycles. The summed E-state index contributed by atoms with van der Waals surface area (Å²) in [5.74, 6) is 2.44. The van der Waals surface area contributed by atoms with Crippen molar-refractivity contribution < 1.29 is 10.2 Å². The second-order valence-electron chi connectivity index (χ2n) is 2.67. The maximum absolute atomic E-state index is 9.39. The van der Waals surface area contributed by atoms with Crippen LogP contribution in [0, 0.1) is 12.3 Å². The van der Waals surface area contributed by atoms with Crippen LogP contribution in [-0.2, 0) is 0 Å². The Kier molecular flexibility index (Phi) is 4.10. The Labute approximate surface area is 61.9 Å². The molecule has 0 radical (unpaired) electrons. The Morgan fingerprint density at radius 2 is 2.10 bits per heavy atom. The largest absolute Gasteiger partial charge is 0.396 e. The van der Waals surface area contributed by atoms with Gasteiger partial charge in [0.05, 0.1) is 5.60 Å². The van der Waals surface area contributed by atoms with Gasteiger partial charge in [-0.15, -0.1) is 12.3 Å². The SMILES string of the molecule is C#CCC[C@@](C)(O)CCO. The smallest absolute Gasteiger partial charge is 0.0650 e. The summed E-state index contributed by atoms with van der Waals surface area (Å²) < 4.78 is 0. The lowest BCUT2D eigenvalue weighted by molar-refractivity contribution is 0.0269. The van der Waals surface area contributed by atoms with Crippen LogP contribution in [0.25, 0.3) is 0 Å². The van der Waals surface area contributed by atoms with Gasteiger partial charge in [-0.3, -0.25) is 0 Å². The molecule has 0 spiro atoms. The van der Waals surface area contributed by atoms with E-state index in [1.165, 1.54) is 0 Å². The van der Waals surface area contributed by atoms with Gasteiger partial charge >= 0.3 is 0 Å². The van der Waals surface area contributed by atoms with Gasteiger partial charge in [-0.2, -0.15) is 0 Å². The molecule has 58 valence electrons. The first-order valence-corrected chi connectivity index (χ1v) is 3.39. The zero-order valence-electron chi connectivity index (χ0n) is 6.30. The van der Waals surface area contributed by atoms with Crippen molar-refractivity contribution in [1.82, 2.24) is 0 Å². The van der Waals surface area contributed by atoms with Crippen molar-refractivity contribution >= 4 is 0 Å². The van der Waals surface area contributed by atoms with E-state index >= 15 is 0 Å². The van der Waals surface area contributed by atoms with Crippen LogP contribution >= 0.6 is 0 Å². The van der Waals surface area contributed by atoms with E-state index in [9.17, 15) is 5.11 Å². The van der Waals surface area contributed by atoms with Crippen LogP contribution in [0.5, 0.6) is 0 Å². The molecule has 0 aliphatic rings. The number of aliphatic hydroxyl groups is 2. The summed E-state index contributed by atoms with van der Waals surface area (Å²) >= 11 is 0. The molecule has 10 heavy (non-hydrogen) atoms. The van der Waals surface area contributed by atoms with Crippen LogP contribution in [0.2, 0.25) is 0 Å². The van der Waals surface area contributed by atoms with Gasteiger partial charge in [0.25, 0.3) is 0 Å². The van der Waals surface area contributed by atoms with Crippen molar-refractivity contribution in [2.24, 2.45) is 0 Å². The predicted octanol–water partition coefficient (Wildman–Crippen LogP) is 0.533. The van der Waals surface area contributed by atoms with E-state index in [0.29, 0.717) is 19.3 Å². The van der Waals surface area contributed by atoms with Gasteiger partial charge in [0.15, 0.2) is 0 Å². The fraction of sp³-hybridized carbons (Fsp3) is 0.750. The fourth-order valence-corrected chi connectivity index (χ4v) is 0.707. The average Bonchev–Trinajstić information content (AvgIpc) is 1.84. The first kappa shape index (κ1) is 9.48. The quantitative estimate of drug-likeness (QED) is 0.562. The summed E-state index contributed by atoms with van der Waals surface area (Å²) in [6.45, 7) is 1.69. The molecule has 0 aliphatic heterocycles. The normalized spacial score (nSPS) is 15.8. The number of hydrogen-bond donors (Lipinski definition) is 2. The van der Waals surface area contributed by atoms with Gasteiger partial charge in [0.1, 0.15) is 0 Å².